The number of fused-ring (bicyclic) bond motifs is 1. The molecule has 0 atom stereocenters. The van der Waals surface area contributed by atoms with Gasteiger partial charge in [0.2, 0.25) is 5.71 Å². The maximum Gasteiger partial charge on any atom is 0.214 e. The van der Waals surface area contributed by atoms with Crippen molar-refractivity contribution in [3.8, 4) is 0 Å². The maximum atomic E-state index is 9.28. The van der Waals surface area contributed by atoms with E-state index in [2.05, 4.69) is 53.1 Å². The number of hydrogen-bond acceptors (Lipinski definition) is 1. The molecule has 0 unspecified atom stereocenters. The van der Waals surface area contributed by atoms with Crippen molar-refractivity contribution in [2.45, 2.75) is 6.42 Å². The third-order valence-corrected chi connectivity index (χ3v) is 3.66. The van der Waals surface area contributed by atoms with Crippen LogP contribution in [0, 0.1) is 0 Å². The van der Waals surface area contributed by atoms with Gasteiger partial charge in [-0.2, -0.15) is 0 Å². The quantitative estimate of drug-likeness (QED) is 0.831. The summed E-state index contributed by atoms with van der Waals surface area (Å²) in [7, 11) is 0. The molecule has 2 nitrogen and oxygen atoms in total. The van der Waals surface area contributed by atoms with Crippen LogP contribution in [0.5, 0.6) is 0 Å². The SMILES string of the molecule is OCC[N+]1=C(c2ccccc2)c2ccccc2CC1. The molecule has 2 heteroatoms. The van der Waals surface area contributed by atoms with Gasteiger partial charge in [-0.05, 0) is 23.8 Å². The molecule has 96 valence electrons. The van der Waals surface area contributed by atoms with Crippen LogP contribution in [0.15, 0.2) is 54.6 Å². The summed E-state index contributed by atoms with van der Waals surface area (Å²) in [5.41, 5.74) is 5.17. The number of β-amino-alcohol motifs (C(OH)–C–C–N with tert-alkyl or cyclic N) is 1. The predicted molar refractivity (Wildman–Crippen MR) is 76.9 cm³/mol. The van der Waals surface area contributed by atoms with E-state index in [1.807, 2.05) is 6.07 Å². The highest BCUT2D eigenvalue weighted by atomic mass is 16.3. The topological polar surface area (TPSA) is 23.2 Å². The zero-order valence-electron chi connectivity index (χ0n) is 10.9. The lowest BCUT2D eigenvalue weighted by Gasteiger charge is -2.18. The lowest BCUT2D eigenvalue weighted by molar-refractivity contribution is -0.530. The van der Waals surface area contributed by atoms with Gasteiger partial charge in [-0.3, -0.25) is 0 Å². The third kappa shape index (κ3) is 2.32. The second-order valence-corrected chi connectivity index (χ2v) is 4.83. The van der Waals surface area contributed by atoms with Crippen LogP contribution in [-0.4, -0.2) is 35.1 Å². The Morgan fingerprint density at radius 2 is 1.68 bits per heavy atom. The van der Waals surface area contributed by atoms with Crippen LogP contribution in [0.25, 0.3) is 0 Å². The lowest BCUT2D eigenvalue weighted by Crippen LogP contribution is -2.32. The van der Waals surface area contributed by atoms with Crippen LogP contribution in [0.2, 0.25) is 0 Å². The van der Waals surface area contributed by atoms with Gasteiger partial charge < -0.3 is 5.11 Å². The molecule has 0 radical (unpaired) electrons. The second-order valence-electron chi connectivity index (χ2n) is 4.83. The molecule has 0 amide bonds. The predicted octanol–water partition coefficient (Wildman–Crippen LogP) is 2.08. The molecular weight excluding hydrogens is 234 g/mol. The molecule has 0 spiro atoms. The molecule has 0 saturated heterocycles. The van der Waals surface area contributed by atoms with Gasteiger partial charge in [-0.15, -0.1) is 0 Å². The number of aliphatic hydroxyl groups excluding tert-OH is 1. The van der Waals surface area contributed by atoms with E-state index in [9.17, 15) is 5.11 Å². The van der Waals surface area contributed by atoms with Crippen molar-refractivity contribution in [3.63, 3.8) is 0 Å². The molecular formula is C17H18NO+. The fourth-order valence-electron chi connectivity index (χ4n) is 2.79. The summed E-state index contributed by atoms with van der Waals surface area (Å²) in [6.45, 7) is 1.86. The summed E-state index contributed by atoms with van der Waals surface area (Å²) in [6.07, 6.45) is 1.05. The maximum absolute atomic E-state index is 9.28. The van der Waals surface area contributed by atoms with E-state index in [0.717, 1.165) is 13.0 Å². The van der Waals surface area contributed by atoms with Crippen LogP contribution < -0.4 is 0 Å². The first-order valence-electron chi connectivity index (χ1n) is 6.76. The van der Waals surface area contributed by atoms with E-state index in [0.29, 0.717) is 6.54 Å². The highest BCUT2D eigenvalue weighted by Gasteiger charge is 2.26. The van der Waals surface area contributed by atoms with Gasteiger partial charge in [0.1, 0.15) is 13.2 Å². The fraction of sp³-hybridized carbons (Fsp3) is 0.235. The molecule has 19 heavy (non-hydrogen) atoms. The second kappa shape index (κ2) is 5.37. The molecule has 2 aromatic carbocycles. The molecule has 3 rings (SSSR count). The minimum Gasteiger partial charge on any atom is -0.390 e. The number of nitrogens with zero attached hydrogens (tertiary/aromatic N) is 1. The van der Waals surface area contributed by atoms with E-state index < -0.39 is 0 Å². The summed E-state index contributed by atoms with van der Waals surface area (Å²) in [4.78, 5) is 0. The van der Waals surface area contributed by atoms with Crippen molar-refractivity contribution < 1.29 is 9.68 Å². The van der Waals surface area contributed by atoms with E-state index in [-0.39, 0.29) is 6.61 Å². The molecule has 1 aliphatic heterocycles. The van der Waals surface area contributed by atoms with E-state index in [1.54, 1.807) is 0 Å². The summed E-state index contributed by atoms with van der Waals surface area (Å²) in [6, 6.07) is 19.0. The summed E-state index contributed by atoms with van der Waals surface area (Å²) in [5, 5.41) is 9.28. The number of rotatable bonds is 3. The van der Waals surface area contributed by atoms with Crippen molar-refractivity contribution in [1.29, 1.82) is 0 Å². The van der Waals surface area contributed by atoms with Gasteiger partial charge in [-0.25, -0.2) is 4.58 Å². The van der Waals surface area contributed by atoms with E-state index in [1.165, 1.54) is 22.4 Å². The van der Waals surface area contributed by atoms with E-state index in [4.69, 9.17) is 0 Å². The van der Waals surface area contributed by atoms with Crippen molar-refractivity contribution in [2.75, 3.05) is 19.7 Å². The van der Waals surface area contributed by atoms with Crippen molar-refractivity contribution >= 4 is 5.71 Å². The van der Waals surface area contributed by atoms with Gasteiger partial charge in [0, 0.05) is 17.5 Å². The first-order valence-corrected chi connectivity index (χ1v) is 6.76. The zero-order chi connectivity index (χ0) is 13.1. The monoisotopic (exact) mass is 252 g/mol. The summed E-state index contributed by atoms with van der Waals surface area (Å²) < 4.78 is 2.29. The van der Waals surface area contributed by atoms with Crippen LogP contribution in [0.1, 0.15) is 16.7 Å². The Balaban J connectivity index is 2.18. The van der Waals surface area contributed by atoms with Crippen LogP contribution >= 0.6 is 0 Å². The molecule has 2 aromatic rings. The highest BCUT2D eigenvalue weighted by Crippen LogP contribution is 2.20. The summed E-state index contributed by atoms with van der Waals surface area (Å²) in [5.74, 6) is 0. The normalized spacial score (nSPS) is 14.4. The molecule has 1 N–H and O–H groups in total. The number of hydrogen-bond donors (Lipinski definition) is 1. The number of aliphatic hydroxyl groups is 1. The van der Waals surface area contributed by atoms with Crippen LogP contribution in [0.3, 0.4) is 0 Å². The Hall–Kier alpha value is -1.93. The minimum atomic E-state index is 0.193. The smallest absolute Gasteiger partial charge is 0.214 e. The van der Waals surface area contributed by atoms with Crippen molar-refractivity contribution in [2.24, 2.45) is 0 Å². The van der Waals surface area contributed by atoms with Gasteiger partial charge in [-0.1, -0.05) is 36.4 Å². The van der Waals surface area contributed by atoms with Crippen LogP contribution in [-0.2, 0) is 6.42 Å². The van der Waals surface area contributed by atoms with Gasteiger partial charge in [0.25, 0.3) is 0 Å². The fourth-order valence-corrected chi connectivity index (χ4v) is 2.79. The lowest BCUT2D eigenvalue weighted by atomic mass is 9.92. The van der Waals surface area contributed by atoms with Gasteiger partial charge >= 0.3 is 0 Å². The third-order valence-electron chi connectivity index (χ3n) is 3.66. The molecule has 0 aliphatic carbocycles. The Labute approximate surface area is 113 Å². The molecule has 0 aromatic heterocycles. The first-order chi connectivity index (χ1) is 9.40. The Morgan fingerprint density at radius 3 is 2.47 bits per heavy atom. The summed E-state index contributed by atoms with van der Waals surface area (Å²) >= 11 is 0. The largest absolute Gasteiger partial charge is 0.390 e. The van der Waals surface area contributed by atoms with Crippen molar-refractivity contribution in [3.05, 3.63) is 71.3 Å². The number of benzene rings is 2. The highest BCUT2D eigenvalue weighted by molar-refractivity contribution is 6.10. The van der Waals surface area contributed by atoms with Gasteiger partial charge in [0.15, 0.2) is 6.54 Å². The first kappa shape index (κ1) is 12.1. The Kier molecular flexibility index (Phi) is 3.43. The molecule has 0 fully saturated rings. The van der Waals surface area contributed by atoms with E-state index >= 15 is 0 Å². The average Bonchev–Trinajstić information content (AvgIpc) is 2.48. The van der Waals surface area contributed by atoms with Gasteiger partial charge in [0.05, 0.1) is 0 Å². The van der Waals surface area contributed by atoms with Crippen molar-refractivity contribution in [1.82, 2.24) is 0 Å². The Bertz CT molecular complexity index is 602. The molecule has 1 aliphatic rings. The zero-order valence-corrected chi connectivity index (χ0v) is 10.9. The van der Waals surface area contributed by atoms with Crippen LogP contribution in [0.4, 0.5) is 0 Å². The molecule has 1 heterocycles. The minimum absolute atomic E-state index is 0.193. The standard InChI is InChI=1S/C17H18NO/c19-13-12-18-11-10-14-6-4-5-9-16(14)17(18)15-7-2-1-3-8-15/h1-9,19H,10-13H2/q+1. The Morgan fingerprint density at radius 1 is 0.947 bits per heavy atom. The average molecular weight is 252 g/mol. The molecule has 0 bridgehead atoms. The molecule has 0 saturated carbocycles.